The third-order valence-electron chi connectivity index (χ3n) is 4.55. The van der Waals surface area contributed by atoms with Crippen molar-refractivity contribution in [1.29, 1.82) is 0 Å². The molecule has 1 saturated heterocycles. The first-order valence-electron chi connectivity index (χ1n) is 8.65. The molecule has 0 spiro atoms. The first-order valence-corrected chi connectivity index (χ1v) is 10.2. The van der Waals surface area contributed by atoms with E-state index >= 15 is 0 Å². The summed E-state index contributed by atoms with van der Waals surface area (Å²) in [6, 6.07) is 14.4. The SMILES string of the molecule is CC(CCN1CCOCC1)c1ccc(Oc2ccc(Br)cc2Br)cc1. The van der Waals surface area contributed by atoms with Crippen LogP contribution in [-0.4, -0.2) is 37.7 Å². The molecule has 0 aromatic heterocycles. The smallest absolute Gasteiger partial charge is 0.141 e. The highest BCUT2D eigenvalue weighted by atomic mass is 79.9. The van der Waals surface area contributed by atoms with Gasteiger partial charge in [-0.1, -0.05) is 35.0 Å². The number of ether oxygens (including phenoxy) is 2. The fourth-order valence-electron chi connectivity index (χ4n) is 2.92. The second kappa shape index (κ2) is 9.17. The van der Waals surface area contributed by atoms with Gasteiger partial charge in [-0.2, -0.15) is 0 Å². The van der Waals surface area contributed by atoms with Crippen LogP contribution in [0.5, 0.6) is 11.5 Å². The lowest BCUT2D eigenvalue weighted by molar-refractivity contribution is 0.0367. The third kappa shape index (κ3) is 5.55. The summed E-state index contributed by atoms with van der Waals surface area (Å²) < 4.78 is 13.3. The molecule has 0 N–H and O–H groups in total. The van der Waals surface area contributed by atoms with Crippen LogP contribution in [0.4, 0.5) is 0 Å². The largest absolute Gasteiger partial charge is 0.456 e. The van der Waals surface area contributed by atoms with Gasteiger partial charge in [0.05, 0.1) is 17.7 Å². The van der Waals surface area contributed by atoms with Gasteiger partial charge in [-0.15, -0.1) is 0 Å². The molecule has 1 aliphatic heterocycles. The fourth-order valence-corrected chi connectivity index (χ4v) is 4.05. The molecular weight excluding hydrogens is 446 g/mol. The quantitative estimate of drug-likeness (QED) is 0.532. The van der Waals surface area contributed by atoms with E-state index in [1.54, 1.807) is 0 Å². The molecule has 1 heterocycles. The van der Waals surface area contributed by atoms with Gasteiger partial charge in [0.25, 0.3) is 0 Å². The molecule has 1 fully saturated rings. The van der Waals surface area contributed by atoms with Crippen molar-refractivity contribution >= 4 is 31.9 Å². The molecule has 0 radical (unpaired) electrons. The molecule has 0 saturated carbocycles. The monoisotopic (exact) mass is 467 g/mol. The van der Waals surface area contributed by atoms with Gasteiger partial charge < -0.3 is 9.47 Å². The minimum Gasteiger partial charge on any atom is -0.456 e. The summed E-state index contributed by atoms with van der Waals surface area (Å²) >= 11 is 6.99. The second-order valence-electron chi connectivity index (χ2n) is 6.39. The van der Waals surface area contributed by atoms with Crippen molar-refractivity contribution in [3.05, 3.63) is 57.0 Å². The molecule has 2 aromatic rings. The van der Waals surface area contributed by atoms with Crippen LogP contribution >= 0.6 is 31.9 Å². The van der Waals surface area contributed by atoms with E-state index in [1.165, 1.54) is 12.0 Å². The Morgan fingerprint density at radius 3 is 2.48 bits per heavy atom. The van der Waals surface area contributed by atoms with Crippen molar-refractivity contribution < 1.29 is 9.47 Å². The highest BCUT2D eigenvalue weighted by Gasteiger charge is 2.13. The Kier molecular flexibility index (Phi) is 6.93. The van der Waals surface area contributed by atoms with Crippen LogP contribution in [0.15, 0.2) is 51.4 Å². The molecule has 1 atom stereocenters. The predicted octanol–water partition coefficient (Wildman–Crippen LogP) is 5.83. The number of nitrogens with zero attached hydrogens (tertiary/aromatic N) is 1. The summed E-state index contributed by atoms with van der Waals surface area (Å²) in [5.74, 6) is 2.21. The Morgan fingerprint density at radius 2 is 1.80 bits per heavy atom. The first-order chi connectivity index (χ1) is 12.1. The molecule has 1 aliphatic rings. The Labute approximate surface area is 166 Å². The Hall–Kier alpha value is -0.880. The number of hydrogen-bond donors (Lipinski definition) is 0. The number of rotatable bonds is 6. The average Bonchev–Trinajstić information content (AvgIpc) is 2.63. The van der Waals surface area contributed by atoms with E-state index in [4.69, 9.17) is 9.47 Å². The van der Waals surface area contributed by atoms with Crippen LogP contribution in [0, 0.1) is 0 Å². The summed E-state index contributed by atoms with van der Waals surface area (Å²) in [6.45, 7) is 7.28. The van der Waals surface area contributed by atoms with Gasteiger partial charge in [-0.25, -0.2) is 0 Å². The van der Waals surface area contributed by atoms with Gasteiger partial charge in [0, 0.05) is 17.6 Å². The van der Waals surface area contributed by atoms with Crippen LogP contribution < -0.4 is 4.74 Å². The lowest BCUT2D eigenvalue weighted by Gasteiger charge is -2.27. The van der Waals surface area contributed by atoms with Crippen LogP contribution in [0.25, 0.3) is 0 Å². The van der Waals surface area contributed by atoms with Gasteiger partial charge in [-0.05, 0) is 70.7 Å². The highest BCUT2D eigenvalue weighted by Crippen LogP contribution is 2.32. The maximum Gasteiger partial charge on any atom is 0.141 e. The topological polar surface area (TPSA) is 21.7 Å². The molecule has 0 amide bonds. The second-order valence-corrected chi connectivity index (χ2v) is 8.16. The minimum absolute atomic E-state index is 0.538. The highest BCUT2D eigenvalue weighted by molar-refractivity contribution is 9.11. The van der Waals surface area contributed by atoms with Crippen molar-refractivity contribution in [1.82, 2.24) is 4.90 Å². The molecule has 3 nitrogen and oxygen atoms in total. The average molecular weight is 469 g/mol. The van der Waals surface area contributed by atoms with Crippen LogP contribution in [0.3, 0.4) is 0 Å². The Morgan fingerprint density at radius 1 is 1.08 bits per heavy atom. The van der Waals surface area contributed by atoms with Crippen LogP contribution in [-0.2, 0) is 4.74 Å². The van der Waals surface area contributed by atoms with Crippen LogP contribution in [0.2, 0.25) is 0 Å². The van der Waals surface area contributed by atoms with Gasteiger partial charge in [0.2, 0.25) is 0 Å². The van der Waals surface area contributed by atoms with Crippen molar-refractivity contribution in [3.63, 3.8) is 0 Å². The fraction of sp³-hybridized carbons (Fsp3) is 0.400. The molecule has 5 heteroatoms. The van der Waals surface area contributed by atoms with E-state index in [2.05, 4.69) is 67.9 Å². The third-order valence-corrected chi connectivity index (χ3v) is 5.67. The Balaban J connectivity index is 1.55. The van der Waals surface area contributed by atoms with Crippen molar-refractivity contribution in [2.75, 3.05) is 32.8 Å². The zero-order valence-electron chi connectivity index (χ0n) is 14.4. The number of benzene rings is 2. The van der Waals surface area contributed by atoms with Gasteiger partial charge >= 0.3 is 0 Å². The molecule has 134 valence electrons. The number of morpholine rings is 1. The Bertz CT molecular complexity index is 685. The lowest BCUT2D eigenvalue weighted by Crippen LogP contribution is -2.37. The molecule has 3 rings (SSSR count). The number of hydrogen-bond acceptors (Lipinski definition) is 3. The summed E-state index contributed by atoms with van der Waals surface area (Å²) in [5, 5.41) is 0. The normalized spacial score (nSPS) is 16.6. The molecular formula is C20H23Br2NO2. The molecule has 2 aromatic carbocycles. The van der Waals surface area contributed by atoms with E-state index in [0.717, 1.165) is 53.3 Å². The maximum absolute atomic E-state index is 5.96. The van der Waals surface area contributed by atoms with Crippen molar-refractivity contribution in [3.8, 4) is 11.5 Å². The first kappa shape index (κ1) is 18.9. The summed E-state index contributed by atoms with van der Waals surface area (Å²) in [6.07, 6.45) is 1.17. The molecule has 0 aliphatic carbocycles. The summed E-state index contributed by atoms with van der Waals surface area (Å²) in [7, 11) is 0. The van der Waals surface area contributed by atoms with Gasteiger partial charge in [0.15, 0.2) is 0 Å². The minimum atomic E-state index is 0.538. The standard InChI is InChI=1S/C20H23Br2NO2/c1-15(8-9-23-10-12-24-13-11-23)16-2-5-18(6-3-16)25-20-7-4-17(21)14-19(20)22/h2-7,14-15H,8-13H2,1H3. The molecule has 1 unspecified atom stereocenters. The maximum atomic E-state index is 5.96. The summed E-state index contributed by atoms with van der Waals surface area (Å²) in [5.41, 5.74) is 1.36. The molecule has 0 bridgehead atoms. The van der Waals surface area contributed by atoms with Gasteiger partial charge in [-0.3, -0.25) is 4.90 Å². The van der Waals surface area contributed by atoms with Crippen molar-refractivity contribution in [2.24, 2.45) is 0 Å². The number of halogens is 2. The van der Waals surface area contributed by atoms with E-state index in [1.807, 2.05) is 18.2 Å². The zero-order valence-corrected chi connectivity index (χ0v) is 17.6. The lowest BCUT2D eigenvalue weighted by atomic mass is 9.97. The van der Waals surface area contributed by atoms with E-state index in [9.17, 15) is 0 Å². The molecule has 25 heavy (non-hydrogen) atoms. The van der Waals surface area contributed by atoms with E-state index in [0.29, 0.717) is 5.92 Å². The van der Waals surface area contributed by atoms with Gasteiger partial charge in [0.1, 0.15) is 11.5 Å². The van der Waals surface area contributed by atoms with E-state index < -0.39 is 0 Å². The van der Waals surface area contributed by atoms with Crippen molar-refractivity contribution in [2.45, 2.75) is 19.3 Å². The van der Waals surface area contributed by atoms with E-state index in [-0.39, 0.29) is 0 Å². The van der Waals surface area contributed by atoms with Crippen LogP contribution in [0.1, 0.15) is 24.8 Å². The zero-order chi connectivity index (χ0) is 17.6. The summed E-state index contributed by atoms with van der Waals surface area (Å²) in [4.78, 5) is 2.49. The predicted molar refractivity (Wildman–Crippen MR) is 109 cm³/mol.